The van der Waals surface area contributed by atoms with E-state index in [0.717, 1.165) is 32.4 Å². The minimum absolute atomic E-state index is 0.122. The second-order valence-corrected chi connectivity index (χ2v) is 10.2. The van der Waals surface area contributed by atoms with Gasteiger partial charge in [-0.1, -0.05) is 12.1 Å². The van der Waals surface area contributed by atoms with Crippen LogP contribution in [0.15, 0.2) is 40.6 Å². The number of hydrogen-bond acceptors (Lipinski definition) is 5. The Morgan fingerprint density at radius 1 is 1.15 bits per heavy atom. The highest BCUT2D eigenvalue weighted by molar-refractivity contribution is 7.89. The number of piperidine rings is 1. The Hall–Kier alpha value is -1.54. The molecule has 2 aliphatic rings. The van der Waals surface area contributed by atoms with Gasteiger partial charge in [-0.05, 0) is 55.3 Å². The zero-order valence-corrected chi connectivity index (χ0v) is 17.1. The van der Waals surface area contributed by atoms with Crippen molar-refractivity contribution in [3.63, 3.8) is 0 Å². The molecule has 0 amide bonds. The number of nitrogens with zero attached hydrogens (tertiary/aromatic N) is 2. The fourth-order valence-electron chi connectivity index (χ4n) is 4.05. The molecule has 0 aliphatic carbocycles. The molecule has 4 rings (SSSR count). The Kier molecular flexibility index (Phi) is 5.20. The predicted octanol–water partition coefficient (Wildman–Crippen LogP) is 3.16. The van der Waals surface area contributed by atoms with Gasteiger partial charge in [0.15, 0.2) is 5.78 Å². The Morgan fingerprint density at radius 2 is 1.93 bits per heavy atom. The lowest BCUT2D eigenvalue weighted by Gasteiger charge is -2.39. The lowest BCUT2D eigenvalue weighted by Crippen LogP contribution is -2.47. The highest BCUT2D eigenvalue weighted by Gasteiger charge is 2.33. The number of thiophene rings is 1. The van der Waals surface area contributed by atoms with E-state index in [4.69, 9.17) is 0 Å². The maximum Gasteiger partial charge on any atom is 0.243 e. The molecule has 1 aromatic heterocycles. The van der Waals surface area contributed by atoms with Crippen molar-refractivity contribution in [1.82, 2.24) is 9.21 Å². The number of fused-ring (bicyclic) bond motifs is 1. The average molecular weight is 405 g/mol. The van der Waals surface area contributed by atoms with Crippen molar-refractivity contribution >= 4 is 27.1 Å². The average Bonchev–Trinajstić information content (AvgIpc) is 3.16. The van der Waals surface area contributed by atoms with Crippen LogP contribution < -0.4 is 0 Å². The number of rotatable bonds is 4. The molecule has 1 fully saturated rings. The van der Waals surface area contributed by atoms with Crippen molar-refractivity contribution in [1.29, 1.82) is 0 Å². The van der Waals surface area contributed by atoms with Gasteiger partial charge in [-0.15, -0.1) is 11.3 Å². The normalized spacial score (nSPS) is 19.7. The lowest BCUT2D eigenvalue weighted by molar-refractivity contribution is 0.101. The van der Waals surface area contributed by atoms with Crippen LogP contribution in [0.2, 0.25) is 0 Å². The molecule has 1 aromatic carbocycles. The first-order valence-electron chi connectivity index (χ1n) is 9.35. The molecule has 0 bridgehead atoms. The maximum absolute atomic E-state index is 13.0. The number of Topliss-reactive ketones (excluding diaryl/α,β-unsaturated/α-hetero) is 1. The monoisotopic (exact) mass is 404 g/mol. The first-order valence-corrected chi connectivity index (χ1v) is 11.7. The van der Waals surface area contributed by atoms with Crippen LogP contribution in [-0.4, -0.2) is 49.1 Å². The molecule has 0 spiro atoms. The van der Waals surface area contributed by atoms with Gasteiger partial charge in [0.25, 0.3) is 0 Å². The van der Waals surface area contributed by atoms with Gasteiger partial charge in [0.05, 0.1) is 4.90 Å². The third kappa shape index (κ3) is 3.74. The third-order valence-corrected chi connectivity index (χ3v) is 8.57. The van der Waals surface area contributed by atoms with Gasteiger partial charge >= 0.3 is 0 Å². The molecule has 27 heavy (non-hydrogen) atoms. The summed E-state index contributed by atoms with van der Waals surface area (Å²) in [6.07, 6.45) is 2.81. The van der Waals surface area contributed by atoms with Crippen molar-refractivity contribution in [3.8, 4) is 0 Å². The van der Waals surface area contributed by atoms with E-state index in [2.05, 4.69) is 16.3 Å². The summed E-state index contributed by atoms with van der Waals surface area (Å²) in [5.41, 5.74) is 1.87. The Morgan fingerprint density at radius 3 is 2.67 bits per heavy atom. The maximum atomic E-state index is 13.0. The van der Waals surface area contributed by atoms with Gasteiger partial charge < -0.3 is 0 Å². The van der Waals surface area contributed by atoms with Crippen LogP contribution in [0.3, 0.4) is 0 Å². The molecule has 144 valence electrons. The van der Waals surface area contributed by atoms with E-state index in [1.807, 2.05) is 11.3 Å². The molecule has 0 radical (unpaired) electrons. The number of benzene rings is 1. The number of ketones is 1. The number of carbonyl (C=O) groups is 1. The van der Waals surface area contributed by atoms with Crippen molar-refractivity contribution in [2.24, 2.45) is 0 Å². The van der Waals surface area contributed by atoms with Crippen LogP contribution >= 0.6 is 11.3 Å². The molecule has 5 nitrogen and oxygen atoms in total. The standard InChI is InChI=1S/C20H24N2O3S2/c1-15(23)16-3-2-4-19(13-16)27(24,25)22-10-5-18(6-11-22)21-9-7-20-17(14-21)8-12-26-20/h2-4,8,12-13,18H,5-7,9-11,14H2,1H3. The van der Waals surface area contributed by atoms with Crippen LogP contribution in [0.4, 0.5) is 0 Å². The first kappa shape index (κ1) is 18.8. The van der Waals surface area contributed by atoms with Crippen LogP contribution in [0, 0.1) is 0 Å². The fraction of sp³-hybridized carbons (Fsp3) is 0.450. The minimum Gasteiger partial charge on any atom is -0.296 e. The second kappa shape index (κ2) is 7.47. The summed E-state index contributed by atoms with van der Waals surface area (Å²) < 4.78 is 27.5. The topological polar surface area (TPSA) is 57.7 Å². The molecule has 0 unspecified atom stereocenters. The van der Waals surface area contributed by atoms with Crippen molar-refractivity contribution in [3.05, 3.63) is 51.7 Å². The van der Waals surface area contributed by atoms with E-state index >= 15 is 0 Å². The van der Waals surface area contributed by atoms with Gasteiger partial charge in [-0.2, -0.15) is 4.31 Å². The van der Waals surface area contributed by atoms with Crippen LogP contribution in [0.25, 0.3) is 0 Å². The lowest BCUT2D eigenvalue weighted by atomic mass is 10.0. The zero-order valence-electron chi connectivity index (χ0n) is 15.4. The predicted molar refractivity (Wildman–Crippen MR) is 107 cm³/mol. The Labute approximate surface area is 164 Å². The molecule has 7 heteroatoms. The Bertz CT molecular complexity index is 944. The van der Waals surface area contributed by atoms with Gasteiger partial charge in [-0.25, -0.2) is 8.42 Å². The van der Waals surface area contributed by atoms with Gasteiger partial charge in [0, 0.05) is 42.7 Å². The van der Waals surface area contributed by atoms with Gasteiger partial charge in [-0.3, -0.25) is 9.69 Å². The SMILES string of the molecule is CC(=O)c1cccc(S(=O)(=O)N2CCC(N3CCc4sccc4C3)CC2)c1. The van der Waals surface area contributed by atoms with Crippen molar-refractivity contribution in [2.75, 3.05) is 19.6 Å². The highest BCUT2D eigenvalue weighted by Crippen LogP contribution is 2.29. The van der Waals surface area contributed by atoms with Crippen molar-refractivity contribution < 1.29 is 13.2 Å². The summed E-state index contributed by atoms with van der Waals surface area (Å²) in [6, 6.07) is 9.02. The van der Waals surface area contributed by atoms with E-state index in [0.29, 0.717) is 24.7 Å². The largest absolute Gasteiger partial charge is 0.296 e. The summed E-state index contributed by atoms with van der Waals surface area (Å²) >= 11 is 1.84. The second-order valence-electron chi connectivity index (χ2n) is 7.31. The summed E-state index contributed by atoms with van der Waals surface area (Å²) in [4.78, 5) is 15.8. The first-order chi connectivity index (χ1) is 12.9. The van der Waals surface area contributed by atoms with Gasteiger partial charge in [0.2, 0.25) is 10.0 Å². The smallest absolute Gasteiger partial charge is 0.243 e. The molecule has 2 aromatic rings. The molecular weight excluding hydrogens is 380 g/mol. The number of sulfonamides is 1. The highest BCUT2D eigenvalue weighted by atomic mass is 32.2. The van der Waals surface area contributed by atoms with E-state index < -0.39 is 10.0 Å². The third-order valence-electron chi connectivity index (χ3n) is 5.66. The molecule has 0 atom stereocenters. The Balaban J connectivity index is 1.43. The zero-order chi connectivity index (χ0) is 19.0. The van der Waals surface area contributed by atoms with E-state index in [1.54, 1.807) is 22.5 Å². The van der Waals surface area contributed by atoms with Crippen LogP contribution in [0.5, 0.6) is 0 Å². The molecular formula is C20H24N2O3S2. The molecule has 2 aliphatic heterocycles. The number of hydrogen-bond donors (Lipinski definition) is 0. The summed E-state index contributed by atoms with van der Waals surface area (Å²) in [6.45, 7) is 4.56. The molecule has 3 heterocycles. The van der Waals surface area contributed by atoms with E-state index in [-0.39, 0.29) is 10.7 Å². The molecule has 0 saturated carbocycles. The van der Waals surface area contributed by atoms with Crippen LogP contribution in [-0.2, 0) is 23.0 Å². The molecule has 0 N–H and O–H groups in total. The van der Waals surface area contributed by atoms with E-state index in [1.165, 1.54) is 23.4 Å². The summed E-state index contributed by atoms with van der Waals surface area (Å²) in [7, 11) is -3.55. The van der Waals surface area contributed by atoms with Gasteiger partial charge in [0.1, 0.15) is 0 Å². The quantitative estimate of drug-likeness (QED) is 0.735. The van der Waals surface area contributed by atoms with Crippen molar-refractivity contribution in [2.45, 2.75) is 43.7 Å². The summed E-state index contributed by atoms with van der Waals surface area (Å²) in [5.74, 6) is -0.122. The van der Waals surface area contributed by atoms with Crippen LogP contribution in [0.1, 0.15) is 40.6 Å². The molecule has 1 saturated heterocycles. The fourth-order valence-corrected chi connectivity index (χ4v) is 6.46. The minimum atomic E-state index is -3.55. The number of carbonyl (C=O) groups excluding carboxylic acids is 1. The summed E-state index contributed by atoms with van der Waals surface area (Å²) in [5, 5.41) is 2.17. The van der Waals surface area contributed by atoms with E-state index in [9.17, 15) is 13.2 Å².